The monoisotopic (exact) mass is 295 g/mol. The zero-order valence-electron chi connectivity index (χ0n) is 11.8. The normalized spacial score (nSPS) is 13.4. The number of hydrogen-bond donors (Lipinski definition) is 1. The van der Waals surface area contributed by atoms with Gasteiger partial charge in [0.15, 0.2) is 0 Å². The highest BCUT2D eigenvalue weighted by Gasteiger charge is 2.20. The van der Waals surface area contributed by atoms with Crippen LogP contribution in [0, 0.1) is 5.82 Å². The van der Waals surface area contributed by atoms with Gasteiger partial charge in [-0.05, 0) is 53.1 Å². The van der Waals surface area contributed by atoms with Gasteiger partial charge in [0.1, 0.15) is 5.82 Å². The number of halogens is 1. The maximum Gasteiger partial charge on any atom is 0.204 e. The SMILES string of the molecule is Fc1ccc(CN2CCc3cc(-c4nn[nH]n4)ccc32)cc1. The van der Waals surface area contributed by atoms with Gasteiger partial charge in [0.2, 0.25) is 5.82 Å². The largest absolute Gasteiger partial charge is 0.367 e. The maximum absolute atomic E-state index is 13.0. The molecule has 0 bridgehead atoms. The minimum absolute atomic E-state index is 0.199. The molecule has 3 aromatic rings. The highest BCUT2D eigenvalue weighted by molar-refractivity contribution is 5.66. The van der Waals surface area contributed by atoms with E-state index in [1.165, 1.54) is 23.4 Å². The molecule has 1 aliphatic heterocycles. The summed E-state index contributed by atoms with van der Waals surface area (Å²) in [5.74, 6) is 0.412. The zero-order valence-corrected chi connectivity index (χ0v) is 11.8. The van der Waals surface area contributed by atoms with Gasteiger partial charge >= 0.3 is 0 Å². The van der Waals surface area contributed by atoms with Crippen molar-refractivity contribution in [3.05, 3.63) is 59.4 Å². The van der Waals surface area contributed by atoms with E-state index in [0.29, 0.717) is 5.82 Å². The van der Waals surface area contributed by atoms with Gasteiger partial charge in [-0.1, -0.05) is 12.1 Å². The molecular formula is C16H14FN5. The molecule has 1 N–H and O–H groups in total. The molecule has 110 valence electrons. The third-order valence-electron chi connectivity index (χ3n) is 3.96. The molecule has 0 saturated heterocycles. The second-order valence-electron chi connectivity index (χ2n) is 5.38. The van der Waals surface area contributed by atoms with Crippen molar-refractivity contribution >= 4 is 5.69 Å². The molecule has 5 nitrogen and oxygen atoms in total. The molecular weight excluding hydrogens is 281 g/mol. The second-order valence-corrected chi connectivity index (χ2v) is 5.38. The van der Waals surface area contributed by atoms with Crippen LogP contribution in [0.25, 0.3) is 11.4 Å². The fourth-order valence-electron chi connectivity index (χ4n) is 2.87. The van der Waals surface area contributed by atoms with Crippen molar-refractivity contribution in [2.45, 2.75) is 13.0 Å². The van der Waals surface area contributed by atoms with E-state index in [9.17, 15) is 4.39 Å². The van der Waals surface area contributed by atoms with Gasteiger partial charge in [-0.3, -0.25) is 0 Å². The first-order chi connectivity index (χ1) is 10.8. The number of nitrogens with zero attached hydrogens (tertiary/aromatic N) is 4. The lowest BCUT2D eigenvalue weighted by atomic mass is 10.1. The summed E-state index contributed by atoms with van der Waals surface area (Å²) < 4.78 is 13.0. The van der Waals surface area contributed by atoms with Gasteiger partial charge in [0.25, 0.3) is 0 Å². The van der Waals surface area contributed by atoms with E-state index in [1.807, 2.05) is 18.2 Å². The number of hydrogen-bond acceptors (Lipinski definition) is 4. The van der Waals surface area contributed by atoms with Gasteiger partial charge in [0, 0.05) is 24.3 Å². The van der Waals surface area contributed by atoms with Crippen LogP contribution in [0.15, 0.2) is 42.5 Å². The smallest absolute Gasteiger partial charge is 0.204 e. The van der Waals surface area contributed by atoms with E-state index in [-0.39, 0.29) is 5.82 Å². The molecule has 0 radical (unpaired) electrons. The third-order valence-corrected chi connectivity index (χ3v) is 3.96. The summed E-state index contributed by atoms with van der Waals surface area (Å²) in [7, 11) is 0. The Bertz CT molecular complexity index is 783. The average molecular weight is 295 g/mol. The summed E-state index contributed by atoms with van der Waals surface area (Å²) in [5.41, 5.74) is 4.58. The predicted octanol–water partition coefficient (Wildman–Crippen LogP) is 2.57. The van der Waals surface area contributed by atoms with Crippen LogP contribution in [0.4, 0.5) is 10.1 Å². The molecule has 4 rings (SSSR count). The second kappa shape index (κ2) is 5.22. The van der Waals surface area contributed by atoms with E-state index >= 15 is 0 Å². The predicted molar refractivity (Wildman–Crippen MR) is 80.8 cm³/mol. The lowest BCUT2D eigenvalue weighted by molar-refractivity contribution is 0.626. The van der Waals surface area contributed by atoms with Crippen LogP contribution >= 0.6 is 0 Å². The molecule has 0 amide bonds. The molecule has 0 saturated carbocycles. The summed E-state index contributed by atoms with van der Waals surface area (Å²) in [6.07, 6.45) is 0.988. The highest BCUT2D eigenvalue weighted by Crippen LogP contribution is 2.32. The first-order valence-electron chi connectivity index (χ1n) is 7.16. The molecule has 0 unspecified atom stereocenters. The number of aromatic nitrogens is 4. The zero-order chi connectivity index (χ0) is 14.9. The number of aromatic amines is 1. The van der Waals surface area contributed by atoms with Gasteiger partial charge in [-0.25, -0.2) is 4.39 Å². The number of rotatable bonds is 3. The Balaban J connectivity index is 1.59. The Kier molecular flexibility index (Phi) is 3.07. The molecule has 0 fully saturated rings. The van der Waals surface area contributed by atoms with E-state index in [4.69, 9.17) is 0 Å². The molecule has 0 atom stereocenters. The van der Waals surface area contributed by atoms with Crippen LogP contribution in [0.5, 0.6) is 0 Å². The fraction of sp³-hybridized carbons (Fsp3) is 0.188. The van der Waals surface area contributed by atoms with E-state index < -0.39 is 0 Å². The Labute approximate surface area is 126 Å². The highest BCUT2D eigenvalue weighted by atomic mass is 19.1. The molecule has 6 heteroatoms. The number of tetrazole rings is 1. The number of anilines is 1. The molecule has 2 heterocycles. The lowest BCUT2D eigenvalue weighted by Gasteiger charge is -2.19. The summed E-state index contributed by atoms with van der Waals surface area (Å²) in [6, 6.07) is 12.9. The van der Waals surface area contributed by atoms with E-state index in [1.54, 1.807) is 0 Å². The summed E-state index contributed by atoms with van der Waals surface area (Å²) in [6.45, 7) is 1.75. The van der Waals surface area contributed by atoms with Crippen LogP contribution in [0.1, 0.15) is 11.1 Å². The van der Waals surface area contributed by atoms with Crippen molar-refractivity contribution in [3.8, 4) is 11.4 Å². The Morgan fingerprint density at radius 2 is 2.00 bits per heavy atom. The molecule has 1 aromatic heterocycles. The van der Waals surface area contributed by atoms with Crippen molar-refractivity contribution in [3.63, 3.8) is 0 Å². The minimum Gasteiger partial charge on any atom is -0.367 e. The molecule has 2 aromatic carbocycles. The first-order valence-corrected chi connectivity index (χ1v) is 7.16. The van der Waals surface area contributed by atoms with Gasteiger partial charge < -0.3 is 4.90 Å². The van der Waals surface area contributed by atoms with Gasteiger partial charge in [-0.2, -0.15) is 5.21 Å². The molecule has 0 aliphatic carbocycles. The van der Waals surface area contributed by atoms with Crippen LogP contribution in [-0.4, -0.2) is 27.2 Å². The first kappa shape index (κ1) is 12.9. The van der Waals surface area contributed by atoms with Crippen molar-refractivity contribution in [1.82, 2.24) is 20.6 Å². The fourth-order valence-corrected chi connectivity index (χ4v) is 2.87. The van der Waals surface area contributed by atoms with E-state index in [0.717, 1.165) is 30.6 Å². The van der Waals surface area contributed by atoms with Crippen molar-refractivity contribution in [2.75, 3.05) is 11.4 Å². The quantitative estimate of drug-likeness (QED) is 0.807. The molecule has 1 aliphatic rings. The molecule has 0 spiro atoms. The molecule has 22 heavy (non-hydrogen) atoms. The Hall–Kier alpha value is -2.76. The number of H-pyrrole nitrogens is 1. The van der Waals surface area contributed by atoms with Crippen molar-refractivity contribution in [1.29, 1.82) is 0 Å². The maximum atomic E-state index is 13.0. The summed E-state index contributed by atoms with van der Waals surface area (Å²) in [5, 5.41) is 14.1. The van der Waals surface area contributed by atoms with E-state index in [2.05, 4.69) is 37.7 Å². The van der Waals surface area contributed by atoms with Crippen LogP contribution in [0.3, 0.4) is 0 Å². The van der Waals surface area contributed by atoms with Crippen molar-refractivity contribution in [2.24, 2.45) is 0 Å². The Morgan fingerprint density at radius 1 is 1.14 bits per heavy atom. The van der Waals surface area contributed by atoms with Crippen LogP contribution in [-0.2, 0) is 13.0 Å². The summed E-state index contributed by atoms with van der Waals surface area (Å²) >= 11 is 0. The minimum atomic E-state index is -0.199. The number of benzene rings is 2. The van der Waals surface area contributed by atoms with Crippen molar-refractivity contribution < 1.29 is 4.39 Å². The van der Waals surface area contributed by atoms with Gasteiger partial charge in [-0.15, -0.1) is 10.2 Å². The lowest BCUT2D eigenvalue weighted by Crippen LogP contribution is -2.19. The van der Waals surface area contributed by atoms with Crippen LogP contribution < -0.4 is 4.90 Å². The Morgan fingerprint density at radius 3 is 2.77 bits per heavy atom. The van der Waals surface area contributed by atoms with Crippen LogP contribution in [0.2, 0.25) is 0 Å². The topological polar surface area (TPSA) is 57.7 Å². The number of nitrogens with one attached hydrogen (secondary N) is 1. The average Bonchev–Trinajstić information content (AvgIpc) is 3.19. The third kappa shape index (κ3) is 2.32. The number of fused-ring (bicyclic) bond motifs is 1. The summed E-state index contributed by atoms with van der Waals surface area (Å²) in [4.78, 5) is 2.31. The van der Waals surface area contributed by atoms with Gasteiger partial charge in [0.05, 0.1) is 0 Å². The standard InChI is InChI=1S/C16H14FN5/c17-14-4-1-11(2-5-14)10-22-8-7-12-9-13(3-6-15(12)22)16-18-20-21-19-16/h1-6,9H,7-8,10H2,(H,18,19,20,21).